The summed E-state index contributed by atoms with van der Waals surface area (Å²) in [5, 5.41) is 2.76. The maximum Gasteiger partial charge on any atom is 0.254 e. The minimum atomic E-state index is -0.573. The third kappa shape index (κ3) is 4.55. The molecule has 2 aromatic rings. The molecule has 0 radical (unpaired) electrons. The second-order valence-electron chi connectivity index (χ2n) is 5.64. The fourth-order valence-corrected chi connectivity index (χ4v) is 2.51. The number of hydrogen-bond acceptors (Lipinski definition) is 2. The molecule has 1 amide bonds. The summed E-state index contributed by atoms with van der Waals surface area (Å²) in [6.07, 6.45) is 1.70. The van der Waals surface area contributed by atoms with Crippen LogP contribution in [0.3, 0.4) is 0 Å². The molecule has 0 unspecified atom stereocenters. The van der Waals surface area contributed by atoms with Crippen molar-refractivity contribution in [3.05, 3.63) is 64.5 Å². The molecule has 23 heavy (non-hydrogen) atoms. The van der Waals surface area contributed by atoms with E-state index in [1.807, 2.05) is 0 Å². The zero-order chi connectivity index (χ0) is 16.8. The number of ether oxygens (including phenoxy) is 1. The lowest BCUT2D eigenvalue weighted by molar-refractivity contribution is 0.0949. The number of amides is 1. The number of carbonyl (C=O) groups excluding carboxylic acids is 1. The van der Waals surface area contributed by atoms with Crippen molar-refractivity contribution < 1.29 is 13.9 Å². The van der Waals surface area contributed by atoms with Gasteiger partial charge in [0.05, 0.1) is 12.7 Å². The van der Waals surface area contributed by atoms with Gasteiger partial charge in [-0.1, -0.05) is 23.8 Å². The molecule has 2 aromatic carbocycles. The number of aryl methyl sites for hydroxylation is 3. The van der Waals surface area contributed by atoms with Crippen molar-refractivity contribution in [2.75, 3.05) is 13.7 Å². The van der Waals surface area contributed by atoms with Crippen LogP contribution in [0.15, 0.2) is 36.4 Å². The zero-order valence-corrected chi connectivity index (χ0v) is 13.8. The molecule has 0 saturated heterocycles. The van der Waals surface area contributed by atoms with Gasteiger partial charge in [-0.2, -0.15) is 0 Å². The van der Waals surface area contributed by atoms with E-state index in [-0.39, 0.29) is 5.56 Å². The Morgan fingerprint density at radius 2 is 1.96 bits per heavy atom. The first kappa shape index (κ1) is 17.0. The van der Waals surface area contributed by atoms with Crippen LogP contribution in [0.2, 0.25) is 0 Å². The molecule has 122 valence electrons. The van der Waals surface area contributed by atoms with Crippen molar-refractivity contribution in [2.24, 2.45) is 0 Å². The summed E-state index contributed by atoms with van der Waals surface area (Å²) < 4.78 is 18.7. The maximum atomic E-state index is 13.8. The standard InChI is InChI=1S/C19H22FNO2/c1-13-6-7-15(14(2)11-13)5-4-10-21-19(22)17-9-8-16(23-3)12-18(17)20/h6-9,11-12H,4-5,10H2,1-3H3,(H,21,22). The van der Waals surface area contributed by atoms with Gasteiger partial charge in [0, 0.05) is 12.6 Å². The molecular weight excluding hydrogens is 293 g/mol. The van der Waals surface area contributed by atoms with Gasteiger partial charge in [-0.3, -0.25) is 4.79 Å². The van der Waals surface area contributed by atoms with Crippen LogP contribution in [0.4, 0.5) is 4.39 Å². The van der Waals surface area contributed by atoms with E-state index in [4.69, 9.17) is 4.74 Å². The fourth-order valence-electron chi connectivity index (χ4n) is 2.51. The van der Waals surface area contributed by atoms with Crippen molar-refractivity contribution in [3.8, 4) is 5.75 Å². The van der Waals surface area contributed by atoms with Crippen molar-refractivity contribution in [3.63, 3.8) is 0 Å². The average Bonchev–Trinajstić information content (AvgIpc) is 2.52. The number of benzene rings is 2. The molecule has 2 rings (SSSR count). The van der Waals surface area contributed by atoms with Gasteiger partial charge in [0.25, 0.3) is 5.91 Å². The minimum Gasteiger partial charge on any atom is -0.497 e. The molecule has 0 fully saturated rings. The highest BCUT2D eigenvalue weighted by Gasteiger charge is 2.12. The van der Waals surface area contributed by atoms with Gasteiger partial charge in [-0.25, -0.2) is 4.39 Å². The van der Waals surface area contributed by atoms with Gasteiger partial charge >= 0.3 is 0 Å². The Morgan fingerprint density at radius 1 is 1.17 bits per heavy atom. The second kappa shape index (κ2) is 7.77. The third-order valence-corrected chi connectivity index (χ3v) is 3.83. The van der Waals surface area contributed by atoms with E-state index in [2.05, 4.69) is 37.4 Å². The first-order valence-electron chi connectivity index (χ1n) is 7.69. The van der Waals surface area contributed by atoms with Crippen molar-refractivity contribution in [2.45, 2.75) is 26.7 Å². The minimum absolute atomic E-state index is 0.0392. The molecule has 0 aromatic heterocycles. The highest BCUT2D eigenvalue weighted by Crippen LogP contribution is 2.16. The molecule has 1 N–H and O–H groups in total. The lowest BCUT2D eigenvalue weighted by atomic mass is 10.0. The van der Waals surface area contributed by atoms with E-state index in [0.29, 0.717) is 12.3 Å². The zero-order valence-electron chi connectivity index (χ0n) is 13.8. The highest BCUT2D eigenvalue weighted by molar-refractivity contribution is 5.94. The monoisotopic (exact) mass is 315 g/mol. The highest BCUT2D eigenvalue weighted by atomic mass is 19.1. The summed E-state index contributed by atoms with van der Waals surface area (Å²) in [7, 11) is 1.46. The summed E-state index contributed by atoms with van der Waals surface area (Å²) in [6.45, 7) is 4.67. The van der Waals surface area contributed by atoms with Crippen LogP contribution < -0.4 is 10.1 Å². The summed E-state index contributed by atoms with van der Waals surface area (Å²) >= 11 is 0. The SMILES string of the molecule is COc1ccc(C(=O)NCCCc2ccc(C)cc2C)c(F)c1. The number of methoxy groups -OCH3 is 1. The third-order valence-electron chi connectivity index (χ3n) is 3.83. The normalized spacial score (nSPS) is 10.4. The molecule has 0 aliphatic heterocycles. The first-order chi connectivity index (χ1) is 11.0. The molecule has 0 aliphatic carbocycles. The summed E-state index contributed by atoms with van der Waals surface area (Å²) in [5.41, 5.74) is 3.82. The van der Waals surface area contributed by atoms with Crippen LogP contribution in [0, 0.1) is 19.7 Å². The first-order valence-corrected chi connectivity index (χ1v) is 7.69. The molecule has 0 aliphatic rings. The largest absolute Gasteiger partial charge is 0.497 e. The van der Waals surface area contributed by atoms with Crippen molar-refractivity contribution in [1.29, 1.82) is 0 Å². The van der Waals surface area contributed by atoms with E-state index < -0.39 is 11.7 Å². The molecule has 0 saturated carbocycles. The quantitative estimate of drug-likeness (QED) is 0.823. The Bertz CT molecular complexity index is 698. The van der Waals surface area contributed by atoms with Crippen molar-refractivity contribution >= 4 is 5.91 Å². The van der Waals surface area contributed by atoms with E-state index >= 15 is 0 Å². The van der Waals surface area contributed by atoms with E-state index in [1.54, 1.807) is 6.07 Å². The van der Waals surface area contributed by atoms with Crippen LogP contribution in [-0.4, -0.2) is 19.6 Å². The second-order valence-corrected chi connectivity index (χ2v) is 5.64. The van der Waals surface area contributed by atoms with Gasteiger partial charge in [-0.05, 0) is 49.9 Å². The fraction of sp³-hybridized carbons (Fsp3) is 0.316. The molecule has 0 bridgehead atoms. The number of rotatable bonds is 6. The summed E-state index contributed by atoms with van der Waals surface area (Å²) in [5.74, 6) is -0.573. The van der Waals surface area contributed by atoms with Gasteiger partial charge in [0.2, 0.25) is 0 Å². The molecule has 4 heteroatoms. The number of carbonyl (C=O) groups is 1. The number of hydrogen-bond donors (Lipinski definition) is 1. The Morgan fingerprint density at radius 3 is 2.61 bits per heavy atom. The predicted molar refractivity (Wildman–Crippen MR) is 89.5 cm³/mol. The number of nitrogens with one attached hydrogen (secondary N) is 1. The Labute approximate surface area is 136 Å². The van der Waals surface area contributed by atoms with E-state index in [0.717, 1.165) is 12.8 Å². The van der Waals surface area contributed by atoms with Crippen molar-refractivity contribution in [1.82, 2.24) is 5.32 Å². The lowest BCUT2D eigenvalue weighted by Gasteiger charge is -2.09. The topological polar surface area (TPSA) is 38.3 Å². The summed E-state index contributed by atoms with van der Waals surface area (Å²) in [4.78, 5) is 12.0. The van der Waals surface area contributed by atoms with Crippen LogP contribution in [0.5, 0.6) is 5.75 Å². The Balaban J connectivity index is 1.85. The molecule has 0 heterocycles. The van der Waals surface area contributed by atoms with Crippen LogP contribution in [0.1, 0.15) is 33.5 Å². The Hall–Kier alpha value is -2.36. The average molecular weight is 315 g/mol. The molecular formula is C19H22FNO2. The van der Waals surface area contributed by atoms with Gasteiger partial charge in [0.15, 0.2) is 0 Å². The Kier molecular flexibility index (Phi) is 5.74. The smallest absolute Gasteiger partial charge is 0.254 e. The molecule has 0 atom stereocenters. The van der Waals surface area contributed by atoms with Crippen LogP contribution in [-0.2, 0) is 6.42 Å². The van der Waals surface area contributed by atoms with Crippen LogP contribution >= 0.6 is 0 Å². The van der Waals surface area contributed by atoms with E-state index in [9.17, 15) is 9.18 Å². The lowest BCUT2D eigenvalue weighted by Crippen LogP contribution is -2.25. The molecule has 3 nitrogen and oxygen atoms in total. The maximum absolute atomic E-state index is 13.8. The van der Waals surface area contributed by atoms with E-state index in [1.165, 1.54) is 35.9 Å². The predicted octanol–water partition coefficient (Wildman–Crippen LogP) is 3.81. The summed E-state index contributed by atoms with van der Waals surface area (Å²) in [6, 6.07) is 10.6. The van der Waals surface area contributed by atoms with Gasteiger partial charge in [-0.15, -0.1) is 0 Å². The molecule has 0 spiro atoms. The number of halogens is 1. The van der Waals surface area contributed by atoms with Crippen LogP contribution in [0.25, 0.3) is 0 Å². The van der Waals surface area contributed by atoms with Gasteiger partial charge in [0.1, 0.15) is 11.6 Å². The van der Waals surface area contributed by atoms with Gasteiger partial charge < -0.3 is 10.1 Å².